The van der Waals surface area contributed by atoms with Crippen molar-refractivity contribution in [3.63, 3.8) is 0 Å². The van der Waals surface area contributed by atoms with Gasteiger partial charge in [0, 0.05) is 12.5 Å². The number of nitrogens with one attached hydrogen (secondary N) is 1. The lowest BCUT2D eigenvalue weighted by atomic mass is 10.1. The van der Waals surface area contributed by atoms with Crippen LogP contribution in [0.1, 0.15) is 22.3 Å². The maximum atomic E-state index is 12.3. The van der Waals surface area contributed by atoms with Crippen LogP contribution in [0.4, 0.5) is 0 Å². The molecule has 0 bridgehead atoms. The molecule has 0 heterocycles. The Hall–Kier alpha value is -4.06. The lowest BCUT2D eigenvalue weighted by Crippen LogP contribution is -2.41. The molecule has 6 heteroatoms. The van der Waals surface area contributed by atoms with Gasteiger partial charge in [0.25, 0.3) is 0 Å². The maximum Gasteiger partial charge on any atom is 0.326 e. The summed E-state index contributed by atoms with van der Waals surface area (Å²) in [6.45, 7) is 2.45. The standard InChI is InChI=1S/C27H27NO5/c1-19-8-6-7-11-22(19)18-33-24-14-12-21(17-25(24)32-2)13-15-26(29)28-23(27(30)31)16-20-9-4-3-5-10-20/h3-15,17,23H,16,18H2,1-2H3,(H,28,29)(H,30,31)/b15-13+. The lowest BCUT2D eigenvalue weighted by Gasteiger charge is -2.13. The molecule has 1 atom stereocenters. The van der Waals surface area contributed by atoms with E-state index >= 15 is 0 Å². The highest BCUT2D eigenvalue weighted by Gasteiger charge is 2.19. The largest absolute Gasteiger partial charge is 0.493 e. The van der Waals surface area contributed by atoms with E-state index < -0.39 is 17.9 Å². The third-order valence-corrected chi connectivity index (χ3v) is 5.16. The number of ether oxygens (including phenoxy) is 2. The zero-order chi connectivity index (χ0) is 23.6. The Balaban J connectivity index is 1.63. The van der Waals surface area contributed by atoms with Gasteiger partial charge in [0.2, 0.25) is 5.91 Å². The molecule has 0 fully saturated rings. The summed E-state index contributed by atoms with van der Waals surface area (Å²) in [4.78, 5) is 23.9. The molecule has 0 aliphatic carbocycles. The smallest absolute Gasteiger partial charge is 0.326 e. The van der Waals surface area contributed by atoms with Crippen molar-refractivity contribution >= 4 is 18.0 Å². The molecule has 1 unspecified atom stereocenters. The Morgan fingerprint density at radius 2 is 1.73 bits per heavy atom. The van der Waals surface area contributed by atoms with E-state index in [-0.39, 0.29) is 6.42 Å². The zero-order valence-electron chi connectivity index (χ0n) is 18.7. The Labute approximate surface area is 193 Å². The van der Waals surface area contributed by atoms with Crippen molar-refractivity contribution in [1.82, 2.24) is 5.32 Å². The topological polar surface area (TPSA) is 84.9 Å². The molecule has 3 rings (SSSR count). The Morgan fingerprint density at radius 3 is 2.42 bits per heavy atom. The maximum absolute atomic E-state index is 12.3. The van der Waals surface area contributed by atoms with Crippen LogP contribution in [-0.2, 0) is 22.6 Å². The fourth-order valence-electron chi connectivity index (χ4n) is 3.28. The summed E-state index contributed by atoms with van der Waals surface area (Å²) in [6.07, 6.45) is 3.12. The first-order valence-corrected chi connectivity index (χ1v) is 10.6. The summed E-state index contributed by atoms with van der Waals surface area (Å²) in [5, 5.41) is 12.0. The molecular formula is C27H27NO5. The first kappa shape index (κ1) is 23.6. The third kappa shape index (κ3) is 6.97. The van der Waals surface area contributed by atoms with Crippen LogP contribution in [0.2, 0.25) is 0 Å². The fourth-order valence-corrected chi connectivity index (χ4v) is 3.28. The van der Waals surface area contributed by atoms with E-state index in [0.717, 1.165) is 22.3 Å². The van der Waals surface area contributed by atoms with Gasteiger partial charge in [-0.1, -0.05) is 60.7 Å². The summed E-state index contributed by atoms with van der Waals surface area (Å²) in [5.74, 6) is -0.440. The number of carboxylic acid groups (broad SMARTS) is 1. The van der Waals surface area contributed by atoms with Gasteiger partial charge in [-0.05, 0) is 47.4 Å². The molecule has 170 valence electrons. The van der Waals surface area contributed by atoms with Gasteiger partial charge in [0.1, 0.15) is 12.6 Å². The Bertz CT molecular complexity index is 1120. The quantitative estimate of drug-likeness (QED) is 0.452. The number of carboxylic acids is 1. The second-order valence-corrected chi connectivity index (χ2v) is 7.55. The molecule has 2 N–H and O–H groups in total. The second-order valence-electron chi connectivity index (χ2n) is 7.55. The highest BCUT2D eigenvalue weighted by Crippen LogP contribution is 2.29. The number of aliphatic carboxylic acids is 1. The van der Waals surface area contributed by atoms with Crippen LogP contribution >= 0.6 is 0 Å². The molecule has 0 saturated carbocycles. The number of amides is 1. The Morgan fingerprint density at radius 1 is 1.00 bits per heavy atom. The van der Waals surface area contributed by atoms with Crippen LogP contribution < -0.4 is 14.8 Å². The van der Waals surface area contributed by atoms with Crippen molar-refractivity contribution in [2.45, 2.75) is 26.0 Å². The van der Waals surface area contributed by atoms with E-state index in [9.17, 15) is 14.7 Å². The SMILES string of the molecule is COc1cc(/C=C/C(=O)NC(Cc2ccccc2)C(=O)O)ccc1OCc1ccccc1C. The Kier molecular flexibility index (Phi) is 8.24. The number of methoxy groups -OCH3 is 1. The predicted molar refractivity (Wildman–Crippen MR) is 127 cm³/mol. The molecule has 0 aliphatic heterocycles. The first-order valence-electron chi connectivity index (χ1n) is 10.6. The number of hydrogen-bond donors (Lipinski definition) is 2. The second kappa shape index (κ2) is 11.5. The monoisotopic (exact) mass is 445 g/mol. The van der Waals surface area contributed by atoms with Crippen molar-refractivity contribution in [1.29, 1.82) is 0 Å². The van der Waals surface area contributed by atoms with Gasteiger partial charge in [-0.25, -0.2) is 4.79 Å². The summed E-state index contributed by atoms with van der Waals surface area (Å²) in [6, 6.07) is 21.5. The van der Waals surface area contributed by atoms with E-state index in [1.54, 1.807) is 31.4 Å². The van der Waals surface area contributed by atoms with E-state index in [0.29, 0.717) is 18.1 Å². The molecule has 0 aliphatic rings. The number of benzene rings is 3. The minimum absolute atomic E-state index is 0.205. The van der Waals surface area contributed by atoms with E-state index in [1.165, 1.54) is 6.08 Å². The molecule has 0 aromatic heterocycles. The number of rotatable bonds is 10. The molecule has 3 aromatic carbocycles. The summed E-state index contributed by atoms with van der Waals surface area (Å²) >= 11 is 0. The molecule has 6 nitrogen and oxygen atoms in total. The number of aryl methyl sites for hydroxylation is 1. The lowest BCUT2D eigenvalue weighted by molar-refractivity contribution is -0.141. The van der Waals surface area contributed by atoms with Crippen molar-refractivity contribution < 1.29 is 24.2 Å². The van der Waals surface area contributed by atoms with Gasteiger partial charge in [-0.3, -0.25) is 4.79 Å². The van der Waals surface area contributed by atoms with E-state index in [2.05, 4.69) is 5.32 Å². The van der Waals surface area contributed by atoms with Crippen LogP contribution in [0.25, 0.3) is 6.08 Å². The molecule has 33 heavy (non-hydrogen) atoms. The third-order valence-electron chi connectivity index (χ3n) is 5.16. The number of hydrogen-bond acceptors (Lipinski definition) is 4. The van der Waals surface area contributed by atoms with Crippen molar-refractivity contribution in [2.24, 2.45) is 0 Å². The number of carbonyl (C=O) groups excluding carboxylic acids is 1. The van der Waals surface area contributed by atoms with Crippen molar-refractivity contribution in [3.05, 3.63) is 101 Å². The highest BCUT2D eigenvalue weighted by molar-refractivity contribution is 5.94. The van der Waals surface area contributed by atoms with E-state index in [4.69, 9.17) is 9.47 Å². The molecule has 0 spiro atoms. The van der Waals surface area contributed by atoms with Gasteiger partial charge >= 0.3 is 5.97 Å². The van der Waals surface area contributed by atoms with Crippen LogP contribution in [0.3, 0.4) is 0 Å². The minimum atomic E-state index is -1.09. The predicted octanol–water partition coefficient (Wildman–Crippen LogP) is 4.41. The van der Waals surface area contributed by atoms with Gasteiger partial charge in [-0.15, -0.1) is 0 Å². The van der Waals surface area contributed by atoms with Crippen molar-refractivity contribution in [3.8, 4) is 11.5 Å². The highest BCUT2D eigenvalue weighted by atomic mass is 16.5. The zero-order valence-corrected chi connectivity index (χ0v) is 18.7. The molecule has 0 saturated heterocycles. The molecular weight excluding hydrogens is 418 g/mol. The molecule has 3 aromatic rings. The summed E-state index contributed by atoms with van der Waals surface area (Å²) in [7, 11) is 1.55. The molecule has 0 radical (unpaired) electrons. The van der Waals surface area contributed by atoms with Crippen LogP contribution in [0.15, 0.2) is 78.9 Å². The van der Waals surface area contributed by atoms with E-state index in [1.807, 2.05) is 61.5 Å². The van der Waals surface area contributed by atoms with Gasteiger partial charge in [0.05, 0.1) is 7.11 Å². The van der Waals surface area contributed by atoms with Gasteiger partial charge in [-0.2, -0.15) is 0 Å². The number of carbonyl (C=O) groups is 2. The van der Waals surface area contributed by atoms with Crippen LogP contribution in [-0.4, -0.2) is 30.1 Å². The fraction of sp³-hybridized carbons (Fsp3) is 0.185. The first-order chi connectivity index (χ1) is 16.0. The summed E-state index contributed by atoms with van der Waals surface area (Å²) in [5.41, 5.74) is 3.79. The average molecular weight is 446 g/mol. The van der Waals surface area contributed by atoms with Crippen LogP contribution in [0.5, 0.6) is 11.5 Å². The van der Waals surface area contributed by atoms with Gasteiger partial charge < -0.3 is 19.9 Å². The van der Waals surface area contributed by atoms with Crippen LogP contribution in [0, 0.1) is 6.92 Å². The van der Waals surface area contributed by atoms with Crippen molar-refractivity contribution in [2.75, 3.05) is 7.11 Å². The molecule has 1 amide bonds. The normalized spacial score (nSPS) is 11.7. The van der Waals surface area contributed by atoms with Gasteiger partial charge in [0.15, 0.2) is 11.5 Å². The average Bonchev–Trinajstić information content (AvgIpc) is 2.82. The minimum Gasteiger partial charge on any atom is -0.493 e. The summed E-state index contributed by atoms with van der Waals surface area (Å²) < 4.78 is 11.4.